The number of hydrogen-bond donors (Lipinski definition) is 1. The van der Waals surface area contributed by atoms with E-state index in [0.717, 1.165) is 29.3 Å². The fourth-order valence-corrected chi connectivity index (χ4v) is 1.96. The van der Waals surface area contributed by atoms with Gasteiger partial charge in [-0.2, -0.15) is 5.10 Å². The van der Waals surface area contributed by atoms with Gasteiger partial charge in [-0.25, -0.2) is 5.43 Å². The Hall–Kier alpha value is -2.16. The van der Waals surface area contributed by atoms with Gasteiger partial charge in [0.1, 0.15) is 0 Å². The fourth-order valence-electron chi connectivity index (χ4n) is 1.96. The lowest BCUT2D eigenvalue weighted by molar-refractivity contribution is 0.0955. The third-order valence-corrected chi connectivity index (χ3v) is 2.97. The number of hydrogen-bond acceptors (Lipinski definition) is 2. The quantitative estimate of drug-likeness (QED) is 0.655. The van der Waals surface area contributed by atoms with Crippen LogP contribution in [0, 0.1) is 0 Å². The molecule has 0 fully saturated rings. The molecule has 0 aliphatic rings. The number of rotatable bonds is 4. The first-order valence-corrected chi connectivity index (χ1v) is 6.53. The van der Waals surface area contributed by atoms with Crippen LogP contribution in [0.1, 0.15) is 37.0 Å². The van der Waals surface area contributed by atoms with E-state index in [0.29, 0.717) is 5.56 Å². The summed E-state index contributed by atoms with van der Waals surface area (Å²) in [4.78, 5) is 12.0. The molecule has 2 aromatic rings. The summed E-state index contributed by atoms with van der Waals surface area (Å²) in [5.41, 5.74) is 4.17. The minimum atomic E-state index is -0.166. The van der Waals surface area contributed by atoms with E-state index in [1.807, 2.05) is 49.4 Å². The molecule has 98 valence electrons. The van der Waals surface area contributed by atoms with Crippen molar-refractivity contribution in [2.45, 2.75) is 26.7 Å². The molecule has 1 N–H and O–H groups in total. The molecule has 0 saturated carbocycles. The van der Waals surface area contributed by atoms with E-state index in [2.05, 4.69) is 17.5 Å². The molecule has 0 atom stereocenters. The number of carbonyl (C=O) groups is 1. The van der Waals surface area contributed by atoms with Gasteiger partial charge in [-0.3, -0.25) is 4.79 Å². The zero-order valence-electron chi connectivity index (χ0n) is 11.3. The third-order valence-electron chi connectivity index (χ3n) is 2.97. The van der Waals surface area contributed by atoms with Gasteiger partial charge in [0.15, 0.2) is 0 Å². The summed E-state index contributed by atoms with van der Waals surface area (Å²) in [7, 11) is 0. The van der Waals surface area contributed by atoms with Crippen LogP contribution in [0.5, 0.6) is 0 Å². The van der Waals surface area contributed by atoms with Crippen molar-refractivity contribution in [3.05, 3.63) is 48.0 Å². The minimum absolute atomic E-state index is 0.166. The largest absolute Gasteiger partial charge is 0.271 e. The number of nitrogens with one attached hydrogen (secondary N) is 1. The van der Waals surface area contributed by atoms with Gasteiger partial charge < -0.3 is 0 Å². The number of benzene rings is 2. The summed E-state index contributed by atoms with van der Waals surface area (Å²) in [5.74, 6) is -0.166. The molecule has 0 saturated heterocycles. The molecule has 2 rings (SSSR count). The van der Waals surface area contributed by atoms with Crippen LogP contribution in [-0.4, -0.2) is 11.6 Å². The van der Waals surface area contributed by atoms with Gasteiger partial charge in [0.25, 0.3) is 5.91 Å². The molecule has 0 radical (unpaired) electrons. The number of hydrazone groups is 1. The maximum atomic E-state index is 12.0. The second kappa shape index (κ2) is 6.14. The first kappa shape index (κ1) is 13.3. The Bertz CT molecular complexity index is 617. The molecule has 0 aliphatic carbocycles. The molecule has 2 aromatic carbocycles. The molecule has 1 amide bonds. The van der Waals surface area contributed by atoms with Crippen LogP contribution in [0.25, 0.3) is 10.8 Å². The molecule has 0 aromatic heterocycles. The highest BCUT2D eigenvalue weighted by Crippen LogP contribution is 2.15. The molecule has 0 heterocycles. The third kappa shape index (κ3) is 3.41. The topological polar surface area (TPSA) is 41.5 Å². The molecule has 0 aliphatic heterocycles. The van der Waals surface area contributed by atoms with Gasteiger partial charge in [-0.05, 0) is 36.2 Å². The first-order valence-electron chi connectivity index (χ1n) is 6.53. The zero-order chi connectivity index (χ0) is 13.7. The van der Waals surface area contributed by atoms with E-state index in [1.54, 1.807) is 0 Å². The summed E-state index contributed by atoms with van der Waals surface area (Å²) in [6.45, 7) is 4.01. The van der Waals surface area contributed by atoms with Gasteiger partial charge >= 0.3 is 0 Å². The highest BCUT2D eigenvalue weighted by Gasteiger charge is 2.05. The molecule has 0 bridgehead atoms. The second-order valence-corrected chi connectivity index (χ2v) is 4.60. The van der Waals surface area contributed by atoms with Gasteiger partial charge in [-0.15, -0.1) is 0 Å². The Balaban J connectivity index is 2.15. The Labute approximate surface area is 113 Å². The Morgan fingerprint density at radius 3 is 2.63 bits per heavy atom. The average molecular weight is 254 g/mol. The predicted molar refractivity (Wildman–Crippen MR) is 79.4 cm³/mol. The number of amides is 1. The SMILES string of the molecule is CCC/C(C)=N/NC(=O)c1ccc2ccccc2c1. The van der Waals surface area contributed by atoms with E-state index in [1.165, 1.54) is 0 Å². The van der Waals surface area contributed by atoms with E-state index < -0.39 is 0 Å². The molecule has 3 nitrogen and oxygen atoms in total. The van der Waals surface area contributed by atoms with Crippen molar-refractivity contribution in [1.29, 1.82) is 0 Å². The lowest BCUT2D eigenvalue weighted by atomic mass is 10.1. The van der Waals surface area contributed by atoms with Crippen molar-refractivity contribution in [3.63, 3.8) is 0 Å². The van der Waals surface area contributed by atoms with Crippen molar-refractivity contribution in [3.8, 4) is 0 Å². The number of fused-ring (bicyclic) bond motifs is 1. The summed E-state index contributed by atoms with van der Waals surface area (Å²) >= 11 is 0. The van der Waals surface area contributed by atoms with Crippen LogP contribution >= 0.6 is 0 Å². The maximum Gasteiger partial charge on any atom is 0.271 e. The Morgan fingerprint density at radius 2 is 1.89 bits per heavy atom. The zero-order valence-corrected chi connectivity index (χ0v) is 11.3. The van der Waals surface area contributed by atoms with Crippen LogP contribution in [0.4, 0.5) is 0 Å². The van der Waals surface area contributed by atoms with Gasteiger partial charge in [0, 0.05) is 11.3 Å². The van der Waals surface area contributed by atoms with Crippen LogP contribution in [0.3, 0.4) is 0 Å². The van der Waals surface area contributed by atoms with Gasteiger partial charge in [0.05, 0.1) is 0 Å². The van der Waals surface area contributed by atoms with E-state index in [9.17, 15) is 4.79 Å². The molecular weight excluding hydrogens is 236 g/mol. The molecule has 0 spiro atoms. The van der Waals surface area contributed by atoms with Crippen molar-refractivity contribution in [1.82, 2.24) is 5.43 Å². The minimum Gasteiger partial charge on any atom is -0.267 e. The molecule has 19 heavy (non-hydrogen) atoms. The predicted octanol–water partition coefficient (Wildman–Crippen LogP) is 3.75. The van der Waals surface area contributed by atoms with Crippen LogP contribution in [-0.2, 0) is 0 Å². The summed E-state index contributed by atoms with van der Waals surface area (Å²) in [6, 6.07) is 13.6. The Kier molecular flexibility index (Phi) is 4.29. The van der Waals surface area contributed by atoms with Crippen molar-refractivity contribution >= 4 is 22.4 Å². The van der Waals surface area contributed by atoms with Gasteiger partial charge in [0.2, 0.25) is 0 Å². The number of carbonyl (C=O) groups excluding carboxylic acids is 1. The second-order valence-electron chi connectivity index (χ2n) is 4.60. The molecule has 3 heteroatoms. The maximum absolute atomic E-state index is 12.0. The van der Waals surface area contributed by atoms with Crippen LogP contribution in [0.15, 0.2) is 47.6 Å². The lowest BCUT2D eigenvalue weighted by Gasteiger charge is -2.03. The lowest BCUT2D eigenvalue weighted by Crippen LogP contribution is -2.18. The Morgan fingerprint density at radius 1 is 1.16 bits per heavy atom. The monoisotopic (exact) mass is 254 g/mol. The van der Waals surface area contributed by atoms with Gasteiger partial charge in [-0.1, -0.05) is 43.7 Å². The smallest absolute Gasteiger partial charge is 0.267 e. The summed E-state index contributed by atoms with van der Waals surface area (Å²) in [5, 5.41) is 6.28. The van der Waals surface area contributed by atoms with E-state index in [-0.39, 0.29) is 5.91 Å². The van der Waals surface area contributed by atoms with Crippen molar-refractivity contribution in [2.24, 2.45) is 5.10 Å². The standard InChI is InChI=1S/C16H18N2O/c1-3-6-12(2)17-18-16(19)15-10-9-13-7-4-5-8-14(13)11-15/h4-5,7-11H,3,6H2,1-2H3,(H,18,19)/b17-12+. The first-order chi connectivity index (χ1) is 9.20. The van der Waals surface area contributed by atoms with Crippen LogP contribution in [0.2, 0.25) is 0 Å². The highest BCUT2D eigenvalue weighted by atomic mass is 16.2. The average Bonchev–Trinajstić information content (AvgIpc) is 2.44. The molecular formula is C16H18N2O. The normalized spacial score (nSPS) is 11.6. The summed E-state index contributed by atoms with van der Waals surface area (Å²) < 4.78 is 0. The van der Waals surface area contributed by atoms with Crippen molar-refractivity contribution < 1.29 is 4.79 Å². The number of nitrogens with zero attached hydrogens (tertiary/aromatic N) is 1. The van der Waals surface area contributed by atoms with E-state index in [4.69, 9.17) is 0 Å². The summed E-state index contributed by atoms with van der Waals surface area (Å²) in [6.07, 6.45) is 1.93. The van der Waals surface area contributed by atoms with Crippen LogP contribution < -0.4 is 5.43 Å². The molecule has 0 unspecified atom stereocenters. The fraction of sp³-hybridized carbons (Fsp3) is 0.250. The highest BCUT2D eigenvalue weighted by molar-refractivity contribution is 5.99. The van der Waals surface area contributed by atoms with E-state index >= 15 is 0 Å². The van der Waals surface area contributed by atoms with Crippen molar-refractivity contribution in [2.75, 3.05) is 0 Å².